The van der Waals surface area contributed by atoms with Crippen molar-refractivity contribution in [2.24, 2.45) is 5.92 Å². The van der Waals surface area contributed by atoms with E-state index in [1.54, 1.807) is 13.8 Å². The van der Waals surface area contributed by atoms with Gasteiger partial charge in [0.1, 0.15) is 6.29 Å². The Kier molecular flexibility index (Phi) is 3.66. The first-order chi connectivity index (χ1) is 6.48. The highest BCUT2D eigenvalue weighted by molar-refractivity contribution is 7.89. The molecular weight excluding hydrogens is 202 g/mol. The maximum atomic E-state index is 11.7. The number of sulfonamides is 1. The van der Waals surface area contributed by atoms with E-state index >= 15 is 0 Å². The topological polar surface area (TPSA) is 54.5 Å². The number of hydrogen-bond donors (Lipinski definition) is 0. The first kappa shape index (κ1) is 11.7. The number of hydrogen-bond acceptors (Lipinski definition) is 3. The summed E-state index contributed by atoms with van der Waals surface area (Å²) in [6.45, 7) is 4.34. The Hall–Kier alpha value is -0.420. The molecule has 0 saturated carbocycles. The van der Waals surface area contributed by atoms with Gasteiger partial charge < -0.3 is 4.79 Å². The van der Waals surface area contributed by atoms with E-state index in [-0.39, 0.29) is 11.2 Å². The normalized spacial score (nSPS) is 21.4. The summed E-state index contributed by atoms with van der Waals surface area (Å²) >= 11 is 0. The molecule has 0 N–H and O–H groups in total. The maximum Gasteiger partial charge on any atom is 0.216 e. The van der Waals surface area contributed by atoms with Crippen molar-refractivity contribution in [3.63, 3.8) is 0 Å². The van der Waals surface area contributed by atoms with Crippen LogP contribution in [-0.2, 0) is 14.8 Å². The zero-order valence-electron chi connectivity index (χ0n) is 8.64. The lowest BCUT2D eigenvalue weighted by Gasteiger charge is -2.30. The number of piperidine rings is 1. The van der Waals surface area contributed by atoms with Crippen molar-refractivity contribution in [1.29, 1.82) is 0 Å². The molecule has 1 heterocycles. The fourth-order valence-corrected chi connectivity index (χ4v) is 2.88. The summed E-state index contributed by atoms with van der Waals surface area (Å²) in [6.07, 6.45) is 2.25. The second kappa shape index (κ2) is 4.40. The van der Waals surface area contributed by atoms with Gasteiger partial charge in [0.15, 0.2) is 0 Å². The minimum Gasteiger partial charge on any atom is -0.303 e. The third-order valence-electron chi connectivity index (χ3n) is 2.65. The predicted molar refractivity (Wildman–Crippen MR) is 54.4 cm³/mol. The largest absolute Gasteiger partial charge is 0.303 e. The molecule has 1 saturated heterocycles. The molecule has 14 heavy (non-hydrogen) atoms. The standard InChI is InChI=1S/C9H17NO3S/c1-8(2)14(12,13)10-5-3-9(7-11)4-6-10/h7-9H,3-6H2,1-2H3. The van der Waals surface area contributed by atoms with Crippen molar-refractivity contribution >= 4 is 16.3 Å². The van der Waals surface area contributed by atoms with E-state index < -0.39 is 10.0 Å². The number of carbonyl (C=O) groups excluding carboxylic acids is 1. The van der Waals surface area contributed by atoms with Crippen LogP contribution in [0, 0.1) is 5.92 Å². The van der Waals surface area contributed by atoms with E-state index in [2.05, 4.69) is 0 Å². The molecule has 0 aromatic rings. The second-order valence-corrected chi connectivity index (χ2v) is 6.46. The van der Waals surface area contributed by atoms with Crippen LogP contribution in [0.25, 0.3) is 0 Å². The van der Waals surface area contributed by atoms with E-state index in [1.807, 2.05) is 0 Å². The molecule has 0 aliphatic carbocycles. The molecule has 0 radical (unpaired) electrons. The summed E-state index contributed by atoms with van der Waals surface area (Å²) in [4.78, 5) is 10.5. The predicted octanol–water partition coefficient (Wildman–Crippen LogP) is 0.635. The lowest BCUT2D eigenvalue weighted by molar-refractivity contribution is -0.112. The molecule has 82 valence electrons. The van der Waals surface area contributed by atoms with Gasteiger partial charge >= 0.3 is 0 Å². The van der Waals surface area contributed by atoms with E-state index in [4.69, 9.17) is 0 Å². The smallest absolute Gasteiger partial charge is 0.216 e. The van der Waals surface area contributed by atoms with Gasteiger partial charge in [-0.15, -0.1) is 0 Å². The van der Waals surface area contributed by atoms with Crippen LogP contribution in [0.1, 0.15) is 26.7 Å². The number of carbonyl (C=O) groups is 1. The van der Waals surface area contributed by atoms with E-state index in [1.165, 1.54) is 4.31 Å². The van der Waals surface area contributed by atoms with Crippen LogP contribution in [-0.4, -0.2) is 37.3 Å². The molecule has 0 unspecified atom stereocenters. The van der Waals surface area contributed by atoms with Gasteiger partial charge in [0, 0.05) is 19.0 Å². The first-order valence-electron chi connectivity index (χ1n) is 4.92. The van der Waals surface area contributed by atoms with Crippen molar-refractivity contribution < 1.29 is 13.2 Å². The Balaban J connectivity index is 2.62. The van der Waals surface area contributed by atoms with Crippen molar-refractivity contribution in [2.45, 2.75) is 31.9 Å². The highest BCUT2D eigenvalue weighted by Crippen LogP contribution is 2.19. The van der Waals surface area contributed by atoms with Crippen LogP contribution in [0.4, 0.5) is 0 Å². The Bertz CT molecular complexity index is 289. The average Bonchev–Trinajstić information content (AvgIpc) is 2.17. The average molecular weight is 219 g/mol. The molecule has 1 aliphatic rings. The fourth-order valence-electron chi connectivity index (χ4n) is 1.56. The van der Waals surface area contributed by atoms with Gasteiger partial charge in [-0.3, -0.25) is 0 Å². The quantitative estimate of drug-likeness (QED) is 0.654. The molecule has 5 heteroatoms. The van der Waals surface area contributed by atoms with Crippen molar-refractivity contribution in [1.82, 2.24) is 4.31 Å². The molecule has 4 nitrogen and oxygen atoms in total. The minimum absolute atomic E-state index is 0.0496. The zero-order valence-corrected chi connectivity index (χ0v) is 9.46. The summed E-state index contributed by atoms with van der Waals surface area (Å²) in [7, 11) is -3.11. The van der Waals surface area contributed by atoms with E-state index in [9.17, 15) is 13.2 Å². The Morgan fingerprint density at radius 1 is 1.29 bits per heavy atom. The monoisotopic (exact) mass is 219 g/mol. The third-order valence-corrected chi connectivity index (χ3v) is 4.92. The molecule has 0 spiro atoms. The minimum atomic E-state index is -3.11. The van der Waals surface area contributed by atoms with Gasteiger partial charge in [-0.05, 0) is 26.7 Å². The number of nitrogens with zero attached hydrogens (tertiary/aromatic N) is 1. The lowest BCUT2D eigenvalue weighted by Crippen LogP contribution is -2.42. The SMILES string of the molecule is CC(C)S(=O)(=O)N1CCC(C=O)CC1. The summed E-state index contributed by atoms with van der Waals surface area (Å²) in [5.74, 6) is 0.0496. The fraction of sp³-hybridized carbons (Fsp3) is 0.889. The molecule has 0 amide bonds. The van der Waals surface area contributed by atoms with Crippen LogP contribution < -0.4 is 0 Å². The summed E-state index contributed by atoms with van der Waals surface area (Å²) in [6, 6.07) is 0. The van der Waals surface area contributed by atoms with Gasteiger partial charge in [-0.2, -0.15) is 0 Å². The van der Waals surface area contributed by atoms with Crippen LogP contribution in [0.15, 0.2) is 0 Å². The summed E-state index contributed by atoms with van der Waals surface area (Å²) < 4.78 is 24.9. The molecule has 0 bridgehead atoms. The molecule has 1 aliphatic heterocycles. The number of aldehydes is 1. The van der Waals surface area contributed by atoms with Crippen molar-refractivity contribution in [2.75, 3.05) is 13.1 Å². The summed E-state index contributed by atoms with van der Waals surface area (Å²) in [5.41, 5.74) is 0. The number of rotatable bonds is 3. The van der Waals surface area contributed by atoms with Crippen LogP contribution in [0.5, 0.6) is 0 Å². The highest BCUT2D eigenvalue weighted by Gasteiger charge is 2.29. The molecule has 0 atom stereocenters. The second-order valence-electron chi connectivity index (χ2n) is 3.97. The lowest BCUT2D eigenvalue weighted by atomic mass is 10.0. The van der Waals surface area contributed by atoms with Gasteiger partial charge in [-0.25, -0.2) is 12.7 Å². The molecule has 1 fully saturated rings. The van der Waals surface area contributed by atoms with Crippen LogP contribution in [0.3, 0.4) is 0 Å². The molecule has 0 aromatic carbocycles. The zero-order chi connectivity index (χ0) is 10.8. The van der Waals surface area contributed by atoms with Gasteiger partial charge in [0.05, 0.1) is 5.25 Å². The van der Waals surface area contributed by atoms with Gasteiger partial charge in [-0.1, -0.05) is 0 Å². The van der Waals surface area contributed by atoms with E-state index in [0.29, 0.717) is 25.9 Å². The van der Waals surface area contributed by atoms with Crippen molar-refractivity contribution in [3.05, 3.63) is 0 Å². The Morgan fingerprint density at radius 3 is 2.14 bits per heavy atom. The Labute approximate surface area is 85.3 Å². The van der Waals surface area contributed by atoms with Crippen LogP contribution in [0.2, 0.25) is 0 Å². The van der Waals surface area contributed by atoms with Crippen LogP contribution >= 0.6 is 0 Å². The first-order valence-corrected chi connectivity index (χ1v) is 6.43. The summed E-state index contributed by atoms with van der Waals surface area (Å²) in [5, 5.41) is -0.365. The van der Waals surface area contributed by atoms with E-state index in [0.717, 1.165) is 6.29 Å². The highest BCUT2D eigenvalue weighted by atomic mass is 32.2. The Morgan fingerprint density at radius 2 is 1.79 bits per heavy atom. The molecular formula is C9H17NO3S. The van der Waals surface area contributed by atoms with Gasteiger partial charge in [0.2, 0.25) is 10.0 Å². The van der Waals surface area contributed by atoms with Gasteiger partial charge in [0.25, 0.3) is 0 Å². The molecule has 0 aromatic heterocycles. The maximum absolute atomic E-state index is 11.7. The third kappa shape index (κ3) is 2.33. The van der Waals surface area contributed by atoms with Crippen molar-refractivity contribution in [3.8, 4) is 0 Å². The molecule has 1 rings (SSSR count).